The van der Waals surface area contributed by atoms with E-state index in [2.05, 4.69) is 55.9 Å². The van der Waals surface area contributed by atoms with Crippen LogP contribution in [-0.2, 0) is 12.8 Å². The standard InChI is InChI=1S/C20H21Br2NO4.ClH/c1-23-7-6-12-16(18(25-3)20-19(17(12)22)26-10-27-20)14(23)9-11-4-5-15(24-2)13(21)8-11;/h4-5,8,14H,6-7,9-10H2,1-3H3;1H/t14-;/m1./s1. The molecule has 28 heavy (non-hydrogen) atoms. The molecular weight excluding hydrogens is 513 g/mol. The lowest BCUT2D eigenvalue weighted by molar-refractivity contribution is 0.170. The first-order chi connectivity index (χ1) is 13.0. The molecule has 0 spiro atoms. The third kappa shape index (κ3) is 3.58. The number of methoxy groups -OCH3 is 2. The number of nitrogens with zero attached hydrogens (tertiary/aromatic N) is 1. The average molecular weight is 536 g/mol. The van der Waals surface area contributed by atoms with E-state index in [0.29, 0.717) is 5.75 Å². The quantitative estimate of drug-likeness (QED) is 0.542. The summed E-state index contributed by atoms with van der Waals surface area (Å²) in [6.45, 7) is 1.19. The first kappa shape index (κ1) is 21.6. The van der Waals surface area contributed by atoms with Gasteiger partial charge >= 0.3 is 0 Å². The molecule has 1 atom stereocenters. The van der Waals surface area contributed by atoms with Gasteiger partial charge in [-0.3, -0.25) is 4.90 Å². The summed E-state index contributed by atoms with van der Waals surface area (Å²) in [7, 11) is 5.53. The number of benzene rings is 2. The number of likely N-dealkylation sites (N-methyl/N-ethyl adjacent to an activating group) is 1. The van der Waals surface area contributed by atoms with E-state index < -0.39 is 0 Å². The number of hydrogen-bond donors (Lipinski definition) is 0. The Morgan fingerprint density at radius 1 is 1.14 bits per heavy atom. The second kappa shape index (κ2) is 8.69. The Kier molecular flexibility index (Phi) is 6.69. The normalized spacial score (nSPS) is 17.7. The van der Waals surface area contributed by atoms with Gasteiger partial charge in [-0.2, -0.15) is 0 Å². The van der Waals surface area contributed by atoms with Crippen molar-refractivity contribution in [2.75, 3.05) is 34.6 Å². The molecule has 0 aliphatic carbocycles. The van der Waals surface area contributed by atoms with Crippen LogP contribution in [0.3, 0.4) is 0 Å². The second-order valence-corrected chi connectivity index (χ2v) is 8.37. The van der Waals surface area contributed by atoms with Gasteiger partial charge in [0.25, 0.3) is 0 Å². The Morgan fingerprint density at radius 2 is 1.89 bits per heavy atom. The molecule has 0 amide bonds. The molecule has 0 radical (unpaired) electrons. The van der Waals surface area contributed by atoms with Gasteiger partial charge in [0.15, 0.2) is 11.5 Å². The SMILES string of the molecule is COc1ccc(C[C@@H]2c3c(c(Br)c4c(c3OC)OCO4)CCN2C)cc1Br.Cl. The lowest BCUT2D eigenvalue weighted by Gasteiger charge is -2.36. The molecular formula is C20H22Br2ClNO4. The monoisotopic (exact) mass is 533 g/mol. The zero-order valence-corrected chi connectivity index (χ0v) is 19.9. The van der Waals surface area contributed by atoms with E-state index in [-0.39, 0.29) is 25.2 Å². The van der Waals surface area contributed by atoms with E-state index in [9.17, 15) is 0 Å². The van der Waals surface area contributed by atoms with E-state index in [4.69, 9.17) is 18.9 Å². The summed E-state index contributed by atoms with van der Waals surface area (Å²) < 4.78 is 24.5. The highest BCUT2D eigenvalue weighted by Crippen LogP contribution is 2.54. The van der Waals surface area contributed by atoms with E-state index in [1.165, 1.54) is 16.7 Å². The third-order valence-corrected chi connectivity index (χ3v) is 6.74. The minimum Gasteiger partial charge on any atom is -0.496 e. The molecule has 5 nitrogen and oxygen atoms in total. The summed E-state index contributed by atoms with van der Waals surface area (Å²) in [5.41, 5.74) is 3.64. The van der Waals surface area contributed by atoms with Crippen LogP contribution in [0.15, 0.2) is 27.1 Å². The van der Waals surface area contributed by atoms with Crippen LogP contribution in [0.1, 0.15) is 22.7 Å². The van der Waals surface area contributed by atoms with Crippen LogP contribution in [0.2, 0.25) is 0 Å². The molecule has 0 aromatic heterocycles. The first-order valence-electron chi connectivity index (χ1n) is 8.75. The maximum atomic E-state index is 5.81. The van der Waals surface area contributed by atoms with Crippen molar-refractivity contribution in [1.29, 1.82) is 0 Å². The molecule has 0 unspecified atom stereocenters. The molecule has 152 valence electrons. The molecule has 0 bridgehead atoms. The molecule has 4 rings (SSSR count). The van der Waals surface area contributed by atoms with Crippen LogP contribution in [0.25, 0.3) is 0 Å². The van der Waals surface area contributed by atoms with Gasteiger partial charge in [-0.1, -0.05) is 6.07 Å². The second-order valence-electron chi connectivity index (χ2n) is 6.72. The van der Waals surface area contributed by atoms with Crippen LogP contribution in [0.4, 0.5) is 0 Å². The van der Waals surface area contributed by atoms with E-state index in [0.717, 1.165) is 45.6 Å². The molecule has 0 N–H and O–H groups in total. The molecule has 8 heteroatoms. The minimum atomic E-state index is 0. The maximum Gasteiger partial charge on any atom is 0.231 e. The van der Waals surface area contributed by atoms with Crippen LogP contribution >= 0.6 is 44.3 Å². The Morgan fingerprint density at radius 3 is 2.57 bits per heavy atom. The molecule has 0 saturated heterocycles. The number of ether oxygens (including phenoxy) is 4. The third-order valence-electron chi connectivity index (χ3n) is 5.28. The van der Waals surface area contributed by atoms with Crippen molar-refractivity contribution in [3.8, 4) is 23.0 Å². The zero-order valence-electron chi connectivity index (χ0n) is 15.9. The van der Waals surface area contributed by atoms with Crippen LogP contribution in [0, 0.1) is 0 Å². The Labute approximate surface area is 187 Å². The number of hydrogen-bond acceptors (Lipinski definition) is 5. The Hall–Kier alpha value is -1.15. The average Bonchev–Trinajstić information content (AvgIpc) is 3.14. The van der Waals surface area contributed by atoms with Crippen molar-refractivity contribution in [2.24, 2.45) is 0 Å². The molecule has 2 aromatic carbocycles. The van der Waals surface area contributed by atoms with Crippen molar-refractivity contribution in [3.63, 3.8) is 0 Å². The van der Waals surface area contributed by atoms with Gasteiger partial charge < -0.3 is 18.9 Å². The highest BCUT2D eigenvalue weighted by Gasteiger charge is 2.36. The smallest absolute Gasteiger partial charge is 0.231 e. The van der Waals surface area contributed by atoms with Gasteiger partial charge in [0.1, 0.15) is 5.75 Å². The predicted molar refractivity (Wildman–Crippen MR) is 118 cm³/mol. The zero-order chi connectivity index (χ0) is 19.1. The first-order valence-corrected chi connectivity index (χ1v) is 10.3. The van der Waals surface area contributed by atoms with Gasteiger partial charge in [-0.25, -0.2) is 0 Å². The van der Waals surface area contributed by atoms with Gasteiger partial charge in [0, 0.05) is 18.2 Å². The summed E-state index contributed by atoms with van der Waals surface area (Å²) in [4.78, 5) is 2.37. The van der Waals surface area contributed by atoms with E-state index >= 15 is 0 Å². The maximum absolute atomic E-state index is 5.81. The minimum absolute atomic E-state index is 0. The lowest BCUT2D eigenvalue weighted by atomic mass is 9.87. The highest BCUT2D eigenvalue weighted by atomic mass is 79.9. The molecule has 2 aliphatic heterocycles. The molecule has 2 heterocycles. The lowest BCUT2D eigenvalue weighted by Crippen LogP contribution is -2.34. The summed E-state index contributed by atoms with van der Waals surface area (Å²) >= 11 is 7.33. The molecule has 0 fully saturated rings. The Balaban J connectivity index is 0.00000225. The van der Waals surface area contributed by atoms with Crippen molar-refractivity contribution in [1.82, 2.24) is 4.90 Å². The van der Waals surface area contributed by atoms with Gasteiger partial charge in [0.05, 0.1) is 23.2 Å². The van der Waals surface area contributed by atoms with Gasteiger partial charge in [0.2, 0.25) is 12.5 Å². The topological polar surface area (TPSA) is 40.2 Å². The van der Waals surface area contributed by atoms with E-state index in [1.807, 2.05) is 6.07 Å². The highest BCUT2D eigenvalue weighted by molar-refractivity contribution is 9.11. The molecule has 0 saturated carbocycles. The van der Waals surface area contributed by atoms with Crippen molar-refractivity contribution in [2.45, 2.75) is 18.9 Å². The fraction of sp³-hybridized carbons (Fsp3) is 0.400. The van der Waals surface area contributed by atoms with Crippen LogP contribution in [-0.4, -0.2) is 39.5 Å². The predicted octanol–water partition coefficient (Wildman–Crippen LogP) is 5.15. The van der Waals surface area contributed by atoms with Crippen LogP contribution < -0.4 is 18.9 Å². The van der Waals surface area contributed by atoms with Crippen molar-refractivity contribution < 1.29 is 18.9 Å². The molecule has 2 aromatic rings. The number of fused-ring (bicyclic) bond motifs is 2. The number of rotatable bonds is 4. The summed E-state index contributed by atoms with van der Waals surface area (Å²) in [5, 5.41) is 0. The molecule has 2 aliphatic rings. The largest absolute Gasteiger partial charge is 0.496 e. The van der Waals surface area contributed by atoms with Crippen molar-refractivity contribution in [3.05, 3.63) is 43.8 Å². The van der Waals surface area contributed by atoms with E-state index in [1.54, 1.807) is 14.2 Å². The van der Waals surface area contributed by atoms with Crippen LogP contribution in [0.5, 0.6) is 23.0 Å². The summed E-state index contributed by atoms with van der Waals surface area (Å²) in [5.74, 6) is 3.06. The van der Waals surface area contributed by atoms with Gasteiger partial charge in [-0.05, 0) is 75.0 Å². The fourth-order valence-corrected chi connectivity index (χ4v) is 5.20. The van der Waals surface area contributed by atoms with Gasteiger partial charge in [-0.15, -0.1) is 12.4 Å². The summed E-state index contributed by atoms with van der Waals surface area (Å²) in [6, 6.07) is 6.40. The Bertz CT molecular complexity index is 893. The summed E-state index contributed by atoms with van der Waals surface area (Å²) in [6.07, 6.45) is 1.79. The fourth-order valence-electron chi connectivity index (χ4n) is 3.91. The number of halogens is 3. The van der Waals surface area contributed by atoms with Crippen molar-refractivity contribution >= 4 is 44.3 Å².